The van der Waals surface area contributed by atoms with Crippen LogP contribution in [0, 0.1) is 18.3 Å². The van der Waals surface area contributed by atoms with E-state index in [0.717, 1.165) is 0 Å². The van der Waals surface area contributed by atoms with E-state index in [1.807, 2.05) is 6.07 Å². The predicted molar refractivity (Wildman–Crippen MR) is 132 cm³/mol. The van der Waals surface area contributed by atoms with Crippen molar-refractivity contribution in [2.75, 3.05) is 25.4 Å². The number of fused-ring (bicyclic) bond motifs is 1. The summed E-state index contributed by atoms with van der Waals surface area (Å²) in [5.41, 5.74) is 1.61. The maximum Gasteiger partial charge on any atom is 0.414 e. The summed E-state index contributed by atoms with van der Waals surface area (Å²) in [6, 6.07) is 11.4. The highest BCUT2D eigenvalue weighted by atomic mass is 35.5. The van der Waals surface area contributed by atoms with E-state index in [0.29, 0.717) is 27.8 Å². The number of halogens is 1. The summed E-state index contributed by atoms with van der Waals surface area (Å²) in [6.07, 6.45) is -0.407. The monoisotopic (exact) mass is 518 g/mol. The molecule has 0 aliphatic carbocycles. The highest BCUT2D eigenvalue weighted by molar-refractivity contribution is 7.90. The number of nitrogens with one attached hydrogen (secondary N) is 2. The van der Waals surface area contributed by atoms with E-state index in [4.69, 9.17) is 26.0 Å². The number of nitrogens with zero attached hydrogens (tertiary/aromatic N) is 2. The molecule has 0 saturated carbocycles. The van der Waals surface area contributed by atoms with Gasteiger partial charge in [-0.05, 0) is 36.2 Å². The third kappa shape index (κ3) is 6.51. The molecule has 0 spiro atoms. The van der Waals surface area contributed by atoms with Gasteiger partial charge in [-0.25, -0.2) is 9.59 Å². The van der Waals surface area contributed by atoms with Gasteiger partial charge in [0.1, 0.15) is 5.58 Å². The lowest BCUT2D eigenvalue weighted by molar-refractivity contribution is 0.172. The Morgan fingerprint density at radius 1 is 1.26 bits per heavy atom. The fourth-order valence-electron chi connectivity index (χ4n) is 3.24. The number of nitriles is 1. The number of benzene rings is 2. The summed E-state index contributed by atoms with van der Waals surface area (Å²) in [5.74, 6) is 0.0662. The maximum atomic E-state index is 12.8. The molecule has 2 N–H and O–H groups in total. The topological polar surface area (TPSA) is 142 Å². The minimum atomic E-state index is -3.85. The second-order valence-electron chi connectivity index (χ2n) is 7.82. The zero-order valence-electron chi connectivity index (χ0n) is 19.2. The third-order valence-corrected chi connectivity index (χ3v) is 6.38. The smallest absolute Gasteiger partial charge is 0.414 e. The molecule has 0 saturated heterocycles. The van der Waals surface area contributed by atoms with Gasteiger partial charge in [0, 0.05) is 50.5 Å². The van der Waals surface area contributed by atoms with Crippen molar-refractivity contribution in [2.24, 2.45) is 0 Å². The lowest BCUT2D eigenvalue weighted by atomic mass is 9.99. The van der Waals surface area contributed by atoms with E-state index < -0.39 is 21.9 Å². The van der Waals surface area contributed by atoms with E-state index in [9.17, 15) is 18.0 Å². The number of amides is 1. The molecule has 0 bridgehead atoms. The van der Waals surface area contributed by atoms with Gasteiger partial charge in [-0.2, -0.15) is 18.4 Å². The molecule has 0 aliphatic rings. The average molecular weight is 519 g/mol. The summed E-state index contributed by atoms with van der Waals surface area (Å²) in [4.78, 5) is 25.9. The summed E-state index contributed by atoms with van der Waals surface area (Å²) >= 11 is 6.30. The number of carbonyl (C=O) groups is 1. The molecular weight excluding hydrogens is 496 g/mol. The van der Waals surface area contributed by atoms with Crippen LogP contribution in [0.25, 0.3) is 11.0 Å². The van der Waals surface area contributed by atoms with Crippen molar-refractivity contribution in [1.29, 1.82) is 5.26 Å². The number of hydrogen-bond acceptors (Lipinski definition) is 7. The standard InChI is InChI=1S/C23H23ClN4O6S/c1-14-17-12-19(24)21(34-23(30)28(2)3)13-20(17)33-22(29)18(14)11-15-6-4-7-16(10-15)27-35(31,32)26-9-5-8-25/h4,6-7,10,12-13,26-27H,5,9,11H2,1-3H3. The maximum absolute atomic E-state index is 12.8. The molecule has 1 aromatic heterocycles. The van der Waals surface area contributed by atoms with Gasteiger partial charge < -0.3 is 14.1 Å². The van der Waals surface area contributed by atoms with Crippen molar-refractivity contribution in [3.05, 3.63) is 68.5 Å². The van der Waals surface area contributed by atoms with Crippen LogP contribution in [0.5, 0.6) is 5.75 Å². The molecule has 0 fully saturated rings. The van der Waals surface area contributed by atoms with Crippen LogP contribution in [0.4, 0.5) is 10.5 Å². The predicted octanol–water partition coefficient (Wildman–Crippen LogP) is 3.57. The first kappa shape index (κ1) is 26.0. The van der Waals surface area contributed by atoms with Crippen LogP contribution in [-0.4, -0.2) is 40.1 Å². The second-order valence-corrected chi connectivity index (χ2v) is 9.73. The van der Waals surface area contributed by atoms with Gasteiger partial charge in [-0.15, -0.1) is 0 Å². The Hall–Kier alpha value is -3.59. The molecule has 35 heavy (non-hydrogen) atoms. The van der Waals surface area contributed by atoms with Gasteiger partial charge >= 0.3 is 11.7 Å². The van der Waals surface area contributed by atoms with Crippen molar-refractivity contribution in [2.45, 2.75) is 19.8 Å². The largest absolute Gasteiger partial charge is 0.422 e. The van der Waals surface area contributed by atoms with Gasteiger partial charge in [0.2, 0.25) is 0 Å². The third-order valence-electron chi connectivity index (χ3n) is 4.99. The average Bonchev–Trinajstić information content (AvgIpc) is 2.78. The Kier molecular flexibility index (Phi) is 8.01. The molecule has 10 nitrogen and oxygen atoms in total. The van der Waals surface area contributed by atoms with Crippen molar-refractivity contribution >= 4 is 44.6 Å². The number of ether oxygens (including phenoxy) is 1. The van der Waals surface area contributed by atoms with Gasteiger partial charge in [-0.3, -0.25) is 4.72 Å². The molecule has 2 aromatic carbocycles. The summed E-state index contributed by atoms with van der Waals surface area (Å²) < 4.78 is 39.6. The van der Waals surface area contributed by atoms with Crippen LogP contribution < -0.4 is 19.8 Å². The zero-order chi connectivity index (χ0) is 25.8. The molecule has 0 aliphatic heterocycles. The van der Waals surface area contributed by atoms with Crippen molar-refractivity contribution in [3.8, 4) is 11.8 Å². The number of anilines is 1. The van der Waals surface area contributed by atoms with Gasteiger partial charge in [0.15, 0.2) is 5.75 Å². The molecule has 3 rings (SSSR count). The highest BCUT2D eigenvalue weighted by Crippen LogP contribution is 2.32. The van der Waals surface area contributed by atoms with Crippen LogP contribution in [0.3, 0.4) is 0 Å². The Labute approximate surface area is 207 Å². The first-order chi connectivity index (χ1) is 16.5. The highest BCUT2D eigenvalue weighted by Gasteiger charge is 2.17. The fraction of sp³-hybridized carbons (Fsp3) is 0.261. The zero-order valence-corrected chi connectivity index (χ0v) is 20.8. The number of hydrogen-bond donors (Lipinski definition) is 2. The van der Waals surface area contributed by atoms with Crippen molar-refractivity contribution < 1.29 is 22.4 Å². The molecule has 0 radical (unpaired) electrons. The van der Waals surface area contributed by atoms with Crippen LogP contribution >= 0.6 is 11.6 Å². The minimum absolute atomic E-state index is 0.0124. The second kappa shape index (κ2) is 10.8. The van der Waals surface area contributed by atoms with E-state index >= 15 is 0 Å². The molecule has 3 aromatic rings. The van der Waals surface area contributed by atoms with Crippen LogP contribution in [0.1, 0.15) is 23.1 Å². The fourth-order valence-corrected chi connectivity index (χ4v) is 4.32. The summed E-state index contributed by atoms with van der Waals surface area (Å²) in [7, 11) is -0.796. The molecule has 1 heterocycles. The minimum Gasteiger partial charge on any atom is -0.422 e. The molecule has 0 unspecified atom stereocenters. The Morgan fingerprint density at radius 3 is 2.69 bits per heavy atom. The van der Waals surface area contributed by atoms with Crippen molar-refractivity contribution in [1.82, 2.24) is 9.62 Å². The van der Waals surface area contributed by atoms with E-state index in [1.165, 1.54) is 25.1 Å². The van der Waals surface area contributed by atoms with Crippen LogP contribution in [0.2, 0.25) is 5.02 Å². The van der Waals surface area contributed by atoms with E-state index in [2.05, 4.69) is 9.44 Å². The van der Waals surface area contributed by atoms with Gasteiger partial charge in [0.05, 0.1) is 16.8 Å². The normalized spacial score (nSPS) is 11.2. The lowest BCUT2D eigenvalue weighted by Gasteiger charge is -2.14. The Balaban J connectivity index is 1.90. The van der Waals surface area contributed by atoms with Crippen LogP contribution in [-0.2, 0) is 16.6 Å². The molecule has 1 amide bonds. The van der Waals surface area contributed by atoms with Crippen LogP contribution in [0.15, 0.2) is 45.6 Å². The SMILES string of the molecule is Cc1c(Cc2cccc(NS(=O)(=O)NCCC#N)c2)c(=O)oc2cc(OC(=O)N(C)C)c(Cl)cc12. The quantitative estimate of drug-likeness (QED) is 0.343. The van der Waals surface area contributed by atoms with Gasteiger partial charge in [0.25, 0.3) is 10.2 Å². The first-order valence-corrected chi connectivity index (χ1v) is 12.2. The Morgan fingerprint density at radius 2 is 2.00 bits per heavy atom. The molecular formula is C23H23ClN4O6S. The van der Waals surface area contributed by atoms with E-state index in [-0.39, 0.29) is 35.7 Å². The van der Waals surface area contributed by atoms with E-state index in [1.54, 1.807) is 37.3 Å². The number of rotatable bonds is 8. The lowest BCUT2D eigenvalue weighted by Crippen LogP contribution is -2.30. The Bertz CT molecular complexity index is 1480. The molecule has 184 valence electrons. The summed E-state index contributed by atoms with van der Waals surface area (Å²) in [6.45, 7) is 1.74. The van der Waals surface area contributed by atoms with Crippen molar-refractivity contribution in [3.63, 3.8) is 0 Å². The summed E-state index contributed by atoms with van der Waals surface area (Å²) in [5, 5.41) is 9.31. The number of aryl methyl sites for hydroxylation is 1. The molecule has 12 heteroatoms. The van der Waals surface area contributed by atoms with Gasteiger partial charge in [-0.1, -0.05) is 23.7 Å². The number of carbonyl (C=O) groups excluding carboxylic acids is 1. The molecule has 0 atom stereocenters. The first-order valence-electron chi connectivity index (χ1n) is 10.4.